The lowest BCUT2D eigenvalue weighted by molar-refractivity contribution is -0.385. The van der Waals surface area contributed by atoms with E-state index in [1.165, 1.54) is 46.9 Å². The lowest BCUT2D eigenvalue weighted by Gasteiger charge is -2.08. The zero-order chi connectivity index (χ0) is 23.7. The van der Waals surface area contributed by atoms with Crippen molar-refractivity contribution in [3.8, 4) is 0 Å². The Hall–Kier alpha value is -3.57. The van der Waals surface area contributed by atoms with E-state index in [-0.39, 0.29) is 22.8 Å². The number of aryl methyl sites for hydroxylation is 2. The van der Waals surface area contributed by atoms with E-state index in [0.29, 0.717) is 37.0 Å². The van der Waals surface area contributed by atoms with Crippen molar-refractivity contribution in [2.75, 3.05) is 5.32 Å². The number of anilines is 1. The SMILES string of the molecule is CCn1cnc2sc(C(=O)Nc3cc(Sc4ccc(F)cc4)cc([N+](=O)[O-])c3)c(C)c2c1=O. The summed E-state index contributed by atoms with van der Waals surface area (Å²) in [5, 5.41) is 14.5. The van der Waals surface area contributed by atoms with Gasteiger partial charge in [0.2, 0.25) is 0 Å². The molecular formula is C22H17FN4O4S2. The van der Waals surface area contributed by atoms with Gasteiger partial charge in [0.05, 0.1) is 21.5 Å². The molecule has 0 saturated carbocycles. The summed E-state index contributed by atoms with van der Waals surface area (Å²) in [7, 11) is 0. The van der Waals surface area contributed by atoms with Gasteiger partial charge in [-0.3, -0.25) is 24.3 Å². The minimum absolute atomic E-state index is 0.196. The highest BCUT2D eigenvalue weighted by Crippen LogP contribution is 2.34. The Bertz CT molecular complexity index is 1450. The molecule has 0 aliphatic carbocycles. The minimum atomic E-state index is -0.549. The Labute approximate surface area is 195 Å². The van der Waals surface area contributed by atoms with E-state index in [0.717, 1.165) is 11.3 Å². The first-order valence-corrected chi connectivity index (χ1v) is 11.4. The van der Waals surface area contributed by atoms with Crippen molar-refractivity contribution in [1.29, 1.82) is 0 Å². The molecule has 0 saturated heterocycles. The van der Waals surface area contributed by atoms with E-state index in [9.17, 15) is 24.1 Å². The van der Waals surface area contributed by atoms with Crippen LogP contribution in [0.25, 0.3) is 10.2 Å². The van der Waals surface area contributed by atoms with Crippen LogP contribution in [0, 0.1) is 22.9 Å². The molecule has 1 N–H and O–H groups in total. The number of nitro benzene ring substituents is 1. The van der Waals surface area contributed by atoms with Gasteiger partial charge in [-0.25, -0.2) is 9.37 Å². The van der Waals surface area contributed by atoms with E-state index in [1.54, 1.807) is 25.1 Å². The second kappa shape index (κ2) is 9.12. The quantitative estimate of drug-likeness (QED) is 0.296. The molecule has 0 spiro atoms. The molecule has 2 heterocycles. The zero-order valence-corrected chi connectivity index (χ0v) is 19.1. The highest BCUT2D eigenvalue weighted by Gasteiger charge is 2.20. The number of amides is 1. The largest absolute Gasteiger partial charge is 0.321 e. The number of benzene rings is 2. The summed E-state index contributed by atoms with van der Waals surface area (Å²) in [6.45, 7) is 3.97. The van der Waals surface area contributed by atoms with E-state index in [4.69, 9.17) is 0 Å². The van der Waals surface area contributed by atoms with Gasteiger partial charge in [-0.1, -0.05) is 11.8 Å². The predicted octanol–water partition coefficient (Wildman–Crippen LogP) is 5.24. The van der Waals surface area contributed by atoms with Crippen molar-refractivity contribution in [3.63, 3.8) is 0 Å². The number of hydrogen-bond donors (Lipinski definition) is 1. The predicted molar refractivity (Wildman–Crippen MR) is 126 cm³/mol. The number of nitrogens with zero attached hydrogens (tertiary/aromatic N) is 3. The molecule has 8 nitrogen and oxygen atoms in total. The van der Waals surface area contributed by atoms with E-state index >= 15 is 0 Å². The number of rotatable bonds is 6. The molecule has 2 aromatic heterocycles. The van der Waals surface area contributed by atoms with Crippen LogP contribution in [0.4, 0.5) is 15.8 Å². The summed E-state index contributed by atoms with van der Waals surface area (Å²) in [4.78, 5) is 42.7. The first kappa shape index (κ1) is 22.6. The molecule has 0 aliphatic heterocycles. The first-order valence-electron chi connectivity index (χ1n) is 9.79. The van der Waals surface area contributed by atoms with Crippen LogP contribution in [0.5, 0.6) is 0 Å². The number of nitro groups is 1. The van der Waals surface area contributed by atoms with Gasteiger partial charge in [0.25, 0.3) is 17.2 Å². The number of halogens is 1. The molecule has 4 aromatic rings. The zero-order valence-electron chi connectivity index (χ0n) is 17.5. The van der Waals surface area contributed by atoms with Gasteiger partial charge in [-0.15, -0.1) is 11.3 Å². The summed E-state index contributed by atoms with van der Waals surface area (Å²) < 4.78 is 14.6. The molecule has 0 bridgehead atoms. The average Bonchev–Trinajstić information content (AvgIpc) is 3.13. The van der Waals surface area contributed by atoms with Crippen molar-refractivity contribution in [2.24, 2.45) is 0 Å². The van der Waals surface area contributed by atoms with Gasteiger partial charge in [0.1, 0.15) is 10.6 Å². The van der Waals surface area contributed by atoms with Crippen molar-refractivity contribution in [1.82, 2.24) is 9.55 Å². The molecule has 1 amide bonds. The Morgan fingerprint density at radius 1 is 1.24 bits per heavy atom. The van der Waals surface area contributed by atoms with Gasteiger partial charge >= 0.3 is 0 Å². The van der Waals surface area contributed by atoms with E-state index in [1.807, 2.05) is 6.92 Å². The summed E-state index contributed by atoms with van der Waals surface area (Å²) in [6.07, 6.45) is 1.45. The fourth-order valence-corrected chi connectivity index (χ4v) is 5.19. The fourth-order valence-electron chi connectivity index (χ4n) is 3.25. The first-order chi connectivity index (χ1) is 15.8. The van der Waals surface area contributed by atoms with Crippen LogP contribution in [0.2, 0.25) is 0 Å². The summed E-state index contributed by atoms with van der Waals surface area (Å²) in [5.41, 5.74) is 0.329. The number of carbonyl (C=O) groups is 1. The number of thiophene rings is 1. The Morgan fingerprint density at radius 2 is 1.97 bits per heavy atom. The number of non-ortho nitro benzene ring substituents is 1. The minimum Gasteiger partial charge on any atom is -0.321 e. The van der Waals surface area contributed by atoms with Crippen LogP contribution in [-0.4, -0.2) is 20.4 Å². The van der Waals surface area contributed by atoms with Crippen LogP contribution in [0.1, 0.15) is 22.2 Å². The van der Waals surface area contributed by atoms with Crippen LogP contribution in [0.15, 0.2) is 63.4 Å². The molecule has 0 aliphatic rings. The van der Waals surface area contributed by atoms with Crippen molar-refractivity contribution < 1.29 is 14.1 Å². The molecule has 33 heavy (non-hydrogen) atoms. The van der Waals surface area contributed by atoms with Crippen LogP contribution >= 0.6 is 23.1 Å². The van der Waals surface area contributed by atoms with Crippen molar-refractivity contribution in [3.05, 3.63) is 85.5 Å². The Balaban J connectivity index is 1.67. The number of fused-ring (bicyclic) bond motifs is 1. The van der Waals surface area contributed by atoms with Crippen LogP contribution in [-0.2, 0) is 6.54 Å². The molecule has 2 aromatic carbocycles. The van der Waals surface area contributed by atoms with E-state index < -0.39 is 10.8 Å². The van der Waals surface area contributed by atoms with Crippen LogP contribution in [0.3, 0.4) is 0 Å². The van der Waals surface area contributed by atoms with Gasteiger partial charge in [0, 0.05) is 34.2 Å². The van der Waals surface area contributed by atoms with Crippen molar-refractivity contribution in [2.45, 2.75) is 30.2 Å². The third-order valence-corrected chi connectivity index (χ3v) is 7.05. The topological polar surface area (TPSA) is 107 Å². The highest BCUT2D eigenvalue weighted by molar-refractivity contribution is 7.99. The monoisotopic (exact) mass is 484 g/mol. The standard InChI is InChI=1S/C22H17FN4O4S2/c1-3-26-11-24-21-18(22(26)29)12(2)19(33-21)20(28)25-14-8-15(27(30)31)10-17(9-14)32-16-6-4-13(23)5-7-16/h4-11H,3H2,1-2H3,(H,25,28). The fraction of sp³-hybridized carbons (Fsp3) is 0.136. The van der Waals surface area contributed by atoms with Gasteiger partial charge in [0.15, 0.2) is 0 Å². The Kier molecular flexibility index (Phi) is 6.25. The second-order valence-corrected chi connectivity index (χ2v) is 9.20. The normalized spacial score (nSPS) is 11.0. The Morgan fingerprint density at radius 3 is 2.64 bits per heavy atom. The second-order valence-electron chi connectivity index (χ2n) is 7.05. The molecule has 0 unspecified atom stereocenters. The lowest BCUT2D eigenvalue weighted by Crippen LogP contribution is -2.19. The van der Waals surface area contributed by atoms with E-state index in [2.05, 4.69) is 10.3 Å². The molecule has 4 rings (SSSR count). The number of aromatic nitrogens is 2. The molecule has 11 heteroatoms. The number of carbonyl (C=O) groups excluding carboxylic acids is 1. The van der Waals surface area contributed by atoms with Crippen molar-refractivity contribution >= 4 is 50.6 Å². The lowest BCUT2D eigenvalue weighted by atomic mass is 10.2. The van der Waals surface area contributed by atoms with Gasteiger partial charge in [-0.2, -0.15) is 0 Å². The average molecular weight is 485 g/mol. The third-order valence-electron chi connectivity index (χ3n) is 4.87. The maximum absolute atomic E-state index is 13.2. The third kappa shape index (κ3) is 4.64. The smallest absolute Gasteiger partial charge is 0.272 e. The molecule has 168 valence electrons. The van der Waals surface area contributed by atoms with Crippen LogP contribution < -0.4 is 10.9 Å². The maximum atomic E-state index is 13.2. The summed E-state index contributed by atoms with van der Waals surface area (Å²) >= 11 is 2.30. The molecule has 0 fully saturated rings. The molecule has 0 radical (unpaired) electrons. The maximum Gasteiger partial charge on any atom is 0.272 e. The highest BCUT2D eigenvalue weighted by atomic mass is 32.2. The summed E-state index contributed by atoms with van der Waals surface area (Å²) in [5.74, 6) is -0.874. The summed E-state index contributed by atoms with van der Waals surface area (Å²) in [6, 6.07) is 9.97. The molecular weight excluding hydrogens is 467 g/mol. The molecule has 0 atom stereocenters. The number of nitrogens with one attached hydrogen (secondary N) is 1. The van der Waals surface area contributed by atoms with Gasteiger partial charge in [-0.05, 0) is 49.7 Å². The van der Waals surface area contributed by atoms with Gasteiger partial charge < -0.3 is 5.32 Å². The number of hydrogen-bond acceptors (Lipinski definition) is 7.